The molecule has 2 aromatic heterocycles. The summed E-state index contributed by atoms with van der Waals surface area (Å²) in [4.78, 5) is 21.1. The monoisotopic (exact) mass is 458 g/mol. The lowest BCUT2D eigenvalue weighted by molar-refractivity contribution is -0.0136. The summed E-state index contributed by atoms with van der Waals surface area (Å²) in [7, 11) is 0. The number of halogens is 2. The zero-order chi connectivity index (χ0) is 23.9. The molecule has 1 aromatic carbocycles. The van der Waals surface area contributed by atoms with Crippen molar-refractivity contribution in [3.8, 4) is 11.3 Å². The molecule has 33 heavy (non-hydrogen) atoms. The van der Waals surface area contributed by atoms with Gasteiger partial charge in [-0.05, 0) is 45.7 Å². The molecule has 176 valence electrons. The molecule has 9 heteroatoms. The van der Waals surface area contributed by atoms with Gasteiger partial charge >= 0.3 is 0 Å². The summed E-state index contributed by atoms with van der Waals surface area (Å²) >= 11 is 0. The fraction of sp³-hybridized carbons (Fsp3) is 0.458. The van der Waals surface area contributed by atoms with Crippen LogP contribution in [-0.4, -0.2) is 45.0 Å². The van der Waals surface area contributed by atoms with E-state index in [2.05, 4.69) is 15.3 Å². The first-order valence-electron chi connectivity index (χ1n) is 11.1. The first-order chi connectivity index (χ1) is 15.7. The van der Waals surface area contributed by atoms with E-state index in [0.29, 0.717) is 30.5 Å². The van der Waals surface area contributed by atoms with E-state index >= 15 is 4.39 Å². The van der Waals surface area contributed by atoms with Crippen molar-refractivity contribution in [3.63, 3.8) is 0 Å². The number of fused-ring (bicyclic) bond motifs is 1. The molecule has 0 radical (unpaired) electrons. The van der Waals surface area contributed by atoms with Gasteiger partial charge in [0, 0.05) is 34.9 Å². The lowest BCUT2D eigenvalue weighted by atomic mass is 10.0. The maximum atomic E-state index is 15.2. The minimum absolute atomic E-state index is 0.00235. The van der Waals surface area contributed by atoms with Gasteiger partial charge in [-0.3, -0.25) is 4.79 Å². The van der Waals surface area contributed by atoms with Gasteiger partial charge in [-0.15, -0.1) is 0 Å². The second-order valence-electron chi connectivity index (χ2n) is 8.64. The Bertz CT molecular complexity index is 1260. The topological polar surface area (TPSA) is 89.3 Å². The summed E-state index contributed by atoms with van der Waals surface area (Å²) in [6.45, 7) is 8.32. The van der Waals surface area contributed by atoms with Crippen LogP contribution in [0.15, 0.2) is 23.1 Å². The molecule has 7 nitrogen and oxygen atoms in total. The maximum absolute atomic E-state index is 15.2. The second kappa shape index (κ2) is 9.15. The van der Waals surface area contributed by atoms with Crippen LogP contribution in [-0.2, 0) is 11.2 Å². The Hall–Kier alpha value is -2.91. The molecule has 2 atom stereocenters. The second-order valence-corrected chi connectivity index (χ2v) is 8.64. The summed E-state index contributed by atoms with van der Waals surface area (Å²) in [6, 6.07) is 2.29. The average molecular weight is 459 g/mol. The van der Waals surface area contributed by atoms with Crippen LogP contribution in [0, 0.1) is 18.6 Å². The number of aromatic nitrogens is 3. The first kappa shape index (κ1) is 23.3. The van der Waals surface area contributed by atoms with E-state index in [4.69, 9.17) is 4.74 Å². The van der Waals surface area contributed by atoms with Crippen LogP contribution in [0.4, 0.5) is 14.7 Å². The number of nitrogens with one attached hydrogen (secondary N) is 1. The molecule has 1 aliphatic heterocycles. The lowest BCUT2D eigenvalue weighted by Gasteiger charge is -2.28. The van der Waals surface area contributed by atoms with Crippen molar-refractivity contribution in [1.29, 1.82) is 0 Å². The van der Waals surface area contributed by atoms with Crippen LogP contribution in [0.1, 0.15) is 44.5 Å². The molecule has 2 N–H and O–H groups in total. The van der Waals surface area contributed by atoms with Gasteiger partial charge < -0.3 is 19.7 Å². The molecule has 1 saturated heterocycles. The standard InChI is InChI=1S/C24H28F2N4O3/c1-5-19-13(4)23(32)15-8-16(25)14(9-20(15)30(19)12(2)3)22-17(26)10-27-24(29-22)28-18-6-7-33-11-21(18)31/h8-10,12,18,21,31H,5-7,11H2,1-4H3,(H,27,28,29)/t18-,21-/m1/s1. The Kier molecular flexibility index (Phi) is 6.45. The molecule has 1 fully saturated rings. The van der Waals surface area contributed by atoms with Crippen molar-refractivity contribution in [1.82, 2.24) is 14.5 Å². The number of hydrogen-bond acceptors (Lipinski definition) is 6. The highest BCUT2D eigenvalue weighted by Gasteiger charge is 2.25. The van der Waals surface area contributed by atoms with E-state index in [9.17, 15) is 14.3 Å². The fourth-order valence-electron chi connectivity index (χ4n) is 4.49. The van der Waals surface area contributed by atoms with Crippen molar-refractivity contribution >= 4 is 16.9 Å². The number of pyridine rings is 1. The van der Waals surface area contributed by atoms with Crippen molar-refractivity contribution in [2.45, 2.75) is 58.7 Å². The molecule has 0 spiro atoms. The molecule has 1 aliphatic rings. The predicted octanol–water partition coefficient (Wildman–Crippen LogP) is 3.75. The minimum Gasteiger partial charge on any atom is -0.389 e. The van der Waals surface area contributed by atoms with Crippen LogP contribution in [0.5, 0.6) is 0 Å². The molecule has 0 aliphatic carbocycles. The largest absolute Gasteiger partial charge is 0.389 e. The minimum atomic E-state index is -0.785. The van der Waals surface area contributed by atoms with Crippen molar-refractivity contribution in [3.05, 3.63) is 51.4 Å². The summed E-state index contributed by atoms with van der Waals surface area (Å²) in [5.41, 5.74) is 1.47. The van der Waals surface area contributed by atoms with E-state index in [-0.39, 0.29) is 46.7 Å². The van der Waals surface area contributed by atoms with Crippen molar-refractivity contribution in [2.75, 3.05) is 18.5 Å². The molecular formula is C24H28F2N4O3. The number of nitrogens with zero attached hydrogens (tertiary/aromatic N) is 3. The van der Waals surface area contributed by atoms with E-state index in [1.165, 1.54) is 6.07 Å². The predicted molar refractivity (Wildman–Crippen MR) is 123 cm³/mol. The Morgan fingerprint density at radius 3 is 2.73 bits per heavy atom. The molecule has 3 aromatic rings. The number of anilines is 1. The van der Waals surface area contributed by atoms with Crippen molar-refractivity contribution < 1.29 is 18.6 Å². The Labute approximate surface area is 190 Å². The van der Waals surface area contributed by atoms with Gasteiger partial charge in [-0.25, -0.2) is 18.7 Å². The van der Waals surface area contributed by atoms with Crippen LogP contribution in [0.2, 0.25) is 0 Å². The molecule has 4 rings (SSSR count). The quantitative estimate of drug-likeness (QED) is 0.605. The van der Waals surface area contributed by atoms with Gasteiger partial charge in [0.25, 0.3) is 0 Å². The summed E-state index contributed by atoms with van der Waals surface area (Å²) < 4.78 is 37.2. The molecule has 0 bridgehead atoms. The Morgan fingerprint density at radius 2 is 2.06 bits per heavy atom. The smallest absolute Gasteiger partial charge is 0.223 e. The summed E-state index contributed by atoms with van der Waals surface area (Å²) in [6.07, 6.45) is 1.37. The Morgan fingerprint density at radius 1 is 1.30 bits per heavy atom. The van der Waals surface area contributed by atoms with Crippen LogP contribution < -0.4 is 10.7 Å². The molecule has 0 unspecified atom stereocenters. The highest BCUT2D eigenvalue weighted by molar-refractivity contribution is 5.85. The van der Waals surface area contributed by atoms with Gasteiger partial charge in [-0.1, -0.05) is 6.92 Å². The SMILES string of the molecule is CCc1c(C)c(=O)c2cc(F)c(-c3nc(N[C@@H]4CCOC[C@H]4O)ncc3F)cc2n1C(C)C. The number of benzene rings is 1. The average Bonchev–Trinajstić information content (AvgIpc) is 2.78. The molecule has 3 heterocycles. The zero-order valence-corrected chi connectivity index (χ0v) is 19.2. The van der Waals surface area contributed by atoms with Gasteiger partial charge in [0.15, 0.2) is 11.2 Å². The highest BCUT2D eigenvalue weighted by atomic mass is 19.1. The van der Waals surface area contributed by atoms with Gasteiger partial charge in [0.1, 0.15) is 11.5 Å². The summed E-state index contributed by atoms with van der Waals surface area (Å²) in [5.74, 6) is -1.45. The third-order valence-electron chi connectivity index (χ3n) is 6.15. The number of aliphatic hydroxyl groups is 1. The van der Waals surface area contributed by atoms with Crippen LogP contribution in [0.25, 0.3) is 22.2 Å². The third-order valence-corrected chi connectivity index (χ3v) is 6.15. The van der Waals surface area contributed by atoms with Gasteiger partial charge in [-0.2, -0.15) is 0 Å². The highest BCUT2D eigenvalue weighted by Crippen LogP contribution is 2.31. The van der Waals surface area contributed by atoms with E-state index in [0.717, 1.165) is 18.0 Å². The third kappa shape index (κ3) is 4.22. The lowest BCUT2D eigenvalue weighted by Crippen LogP contribution is -2.42. The number of hydrogen-bond donors (Lipinski definition) is 2. The van der Waals surface area contributed by atoms with Gasteiger partial charge in [0.2, 0.25) is 5.95 Å². The summed E-state index contributed by atoms with van der Waals surface area (Å²) in [5, 5.41) is 13.3. The Balaban J connectivity index is 1.88. The maximum Gasteiger partial charge on any atom is 0.223 e. The molecular weight excluding hydrogens is 430 g/mol. The van der Waals surface area contributed by atoms with E-state index < -0.39 is 17.7 Å². The first-order valence-corrected chi connectivity index (χ1v) is 11.1. The normalized spacial score (nSPS) is 18.8. The van der Waals surface area contributed by atoms with Crippen LogP contribution in [0.3, 0.4) is 0 Å². The fourth-order valence-corrected chi connectivity index (χ4v) is 4.49. The number of aliphatic hydroxyl groups excluding tert-OH is 1. The van der Waals surface area contributed by atoms with Crippen LogP contribution >= 0.6 is 0 Å². The van der Waals surface area contributed by atoms with Gasteiger partial charge in [0.05, 0.1) is 30.5 Å². The number of ether oxygens (including phenoxy) is 1. The van der Waals surface area contributed by atoms with E-state index in [1.807, 2.05) is 25.3 Å². The van der Waals surface area contributed by atoms with Crippen molar-refractivity contribution in [2.24, 2.45) is 0 Å². The zero-order valence-electron chi connectivity index (χ0n) is 19.2. The van der Waals surface area contributed by atoms with E-state index in [1.54, 1.807) is 6.92 Å². The number of rotatable bonds is 5. The molecule has 0 saturated carbocycles. The molecule has 0 amide bonds.